The van der Waals surface area contributed by atoms with Crippen LogP contribution in [0.15, 0.2) is 91.0 Å². The van der Waals surface area contributed by atoms with Crippen molar-refractivity contribution in [2.75, 3.05) is 0 Å². The Labute approximate surface area is 235 Å². The van der Waals surface area contributed by atoms with Crippen molar-refractivity contribution in [2.24, 2.45) is 0 Å². The first-order chi connectivity index (χ1) is 15.8. The Hall–Kier alpha value is -1.67. The van der Waals surface area contributed by atoms with E-state index in [1.807, 2.05) is 112 Å². The molecule has 1 N–H and O–H groups in total. The van der Waals surface area contributed by atoms with Crippen LogP contribution in [0, 0.1) is 20.8 Å². The number of nitrogens with zero attached hydrogens (tertiary/aromatic N) is 1. The van der Waals surface area contributed by atoms with Crippen molar-refractivity contribution in [3.8, 4) is 0 Å². The van der Waals surface area contributed by atoms with Gasteiger partial charge in [-0.05, 0) is 0 Å². The summed E-state index contributed by atoms with van der Waals surface area (Å²) in [5, 5.41) is 4.61. The van der Waals surface area contributed by atoms with Gasteiger partial charge in [0.15, 0.2) is 7.29 Å². The van der Waals surface area contributed by atoms with Crippen molar-refractivity contribution < 1.29 is 30.4 Å². The van der Waals surface area contributed by atoms with Crippen molar-refractivity contribution in [2.45, 2.75) is 65.3 Å². The van der Waals surface area contributed by atoms with Crippen LogP contribution in [0.1, 0.15) is 65.2 Å². The standard InChI is InChI=1S/C10H23NOP.3C7H7.Hf/c1-8(2)13(12,9(3)4)11-10(5,6)7;3*1-7-5-3-2-4-6-7;/h8-9H,1-7H3;3*2-6H,1H2;/q4*-1;/p+1. The molecular weight excluding hydrogens is 612 g/mol. The topological polar surface area (TPSA) is 35.5 Å². The van der Waals surface area contributed by atoms with Gasteiger partial charge in [-0.15, -0.1) is 41.9 Å². The summed E-state index contributed by atoms with van der Waals surface area (Å²) in [6, 6.07) is 29.6. The van der Waals surface area contributed by atoms with Crippen LogP contribution in [0.3, 0.4) is 0 Å². The zero-order chi connectivity index (χ0) is 26.2. The maximum absolute atomic E-state index is 10.4. The van der Waals surface area contributed by atoms with Gasteiger partial charge in [0.2, 0.25) is 0 Å². The minimum Gasteiger partial charge on any atom is -0.552 e. The number of benzene rings is 3. The molecule has 0 radical (unpaired) electrons. The summed E-state index contributed by atoms with van der Waals surface area (Å²) in [4.78, 5) is 0. The van der Waals surface area contributed by atoms with Crippen LogP contribution in [-0.2, 0) is 25.8 Å². The predicted molar refractivity (Wildman–Crippen MR) is 155 cm³/mol. The molecule has 0 aliphatic carbocycles. The van der Waals surface area contributed by atoms with E-state index in [9.17, 15) is 4.57 Å². The third-order valence-corrected chi connectivity index (χ3v) is 8.47. The molecule has 0 fully saturated rings. The molecule has 3 aromatic carbocycles. The van der Waals surface area contributed by atoms with Gasteiger partial charge in [0.25, 0.3) is 0 Å². The zero-order valence-electron chi connectivity index (χ0n) is 22.8. The molecule has 0 saturated carbocycles. The molecule has 2 nitrogen and oxygen atoms in total. The van der Waals surface area contributed by atoms with Gasteiger partial charge in [-0.2, -0.15) is 73.9 Å². The van der Waals surface area contributed by atoms with Gasteiger partial charge in [-0.3, -0.25) is 0 Å². The van der Waals surface area contributed by atoms with Gasteiger partial charge in [0.1, 0.15) is 0 Å². The molecule has 0 aliphatic rings. The summed E-state index contributed by atoms with van der Waals surface area (Å²) in [5.41, 5.74) is 3.63. The Morgan fingerprint density at radius 2 is 0.829 bits per heavy atom. The molecule has 0 spiro atoms. The van der Waals surface area contributed by atoms with Crippen LogP contribution in [-0.4, -0.2) is 21.4 Å². The van der Waals surface area contributed by atoms with Gasteiger partial charge in [0.05, 0.1) is 0 Å². The van der Waals surface area contributed by atoms with Gasteiger partial charge < -0.3 is 9.65 Å². The smallest absolute Gasteiger partial charge is 0.156 e. The fourth-order valence-electron chi connectivity index (χ4n) is 2.74. The molecule has 0 aromatic heterocycles. The van der Waals surface area contributed by atoms with E-state index in [-0.39, 0.29) is 42.7 Å². The number of hydrogen-bond acceptors (Lipinski definition) is 0. The summed E-state index contributed by atoms with van der Waals surface area (Å²) in [7, 11) is -2.11. The third-order valence-electron chi connectivity index (χ3n) is 4.51. The molecule has 4 heteroatoms. The van der Waals surface area contributed by atoms with E-state index in [1.54, 1.807) is 0 Å². The van der Waals surface area contributed by atoms with Crippen LogP contribution in [0.25, 0.3) is 5.09 Å². The Morgan fingerprint density at radius 1 is 0.600 bits per heavy atom. The van der Waals surface area contributed by atoms with Crippen LogP contribution < -0.4 is 0 Å². The molecule has 0 atom stereocenters. The predicted octanol–water partition coefficient (Wildman–Crippen LogP) is 9.80. The van der Waals surface area contributed by atoms with Gasteiger partial charge in [-0.1, -0.05) is 66.7 Å². The minimum absolute atomic E-state index is 0. The fraction of sp³-hybridized carbons (Fsp3) is 0.323. The Balaban J connectivity index is 0. The van der Waals surface area contributed by atoms with Gasteiger partial charge in [0, 0.05) is 37.2 Å². The van der Waals surface area contributed by atoms with Crippen LogP contribution >= 0.6 is 7.29 Å². The van der Waals surface area contributed by atoms with E-state index in [0.717, 1.165) is 16.7 Å². The van der Waals surface area contributed by atoms with Crippen molar-refractivity contribution >= 4 is 7.29 Å². The number of hydrogen-bond donors (Lipinski definition) is 0. The summed E-state index contributed by atoms with van der Waals surface area (Å²) in [6.45, 7) is 25.5. The van der Waals surface area contributed by atoms with E-state index < -0.39 is 7.29 Å². The summed E-state index contributed by atoms with van der Waals surface area (Å²) < 4.78 is 10.4. The molecule has 0 saturated heterocycles. The SMILES string of the molecule is CC(C)P(=[OH+])([N-]C(C)(C)C)C(C)C.[CH2-]c1ccccc1.[CH2-]c1ccccc1.[CH2-]c1ccccc1.[Hf]. The first-order valence-corrected chi connectivity index (χ1v) is 13.6. The molecule has 0 amide bonds. The normalized spacial score (nSPS) is 10.4. The van der Waals surface area contributed by atoms with Gasteiger partial charge >= 0.3 is 0 Å². The maximum Gasteiger partial charge on any atom is 0.156 e. The number of rotatable bonds is 3. The quantitative estimate of drug-likeness (QED) is 0.116. The van der Waals surface area contributed by atoms with E-state index in [2.05, 4.69) is 53.6 Å². The molecule has 0 aliphatic heterocycles. The maximum atomic E-state index is 10.4. The Kier molecular flexibility index (Phi) is 18.8. The van der Waals surface area contributed by atoms with Gasteiger partial charge in [-0.25, -0.2) is 0 Å². The van der Waals surface area contributed by atoms with Crippen LogP contribution in [0.2, 0.25) is 0 Å². The third kappa shape index (κ3) is 18.3. The summed E-state index contributed by atoms with van der Waals surface area (Å²) in [6.07, 6.45) is 0. The first-order valence-electron chi connectivity index (χ1n) is 11.7. The molecule has 3 aromatic rings. The van der Waals surface area contributed by atoms with E-state index >= 15 is 0 Å². The van der Waals surface area contributed by atoms with Crippen LogP contribution in [0.4, 0.5) is 0 Å². The first kappa shape index (κ1) is 35.5. The van der Waals surface area contributed by atoms with Crippen molar-refractivity contribution in [1.29, 1.82) is 0 Å². The molecular formula is C31H45HfNOP-3. The zero-order valence-corrected chi connectivity index (χ0v) is 27.3. The Bertz CT molecular complexity index is 819. The summed E-state index contributed by atoms with van der Waals surface area (Å²) in [5.74, 6) is 0. The van der Waals surface area contributed by atoms with Crippen LogP contribution in [0.5, 0.6) is 0 Å². The van der Waals surface area contributed by atoms with E-state index in [0.29, 0.717) is 0 Å². The minimum atomic E-state index is -2.11. The van der Waals surface area contributed by atoms with Crippen molar-refractivity contribution in [3.63, 3.8) is 0 Å². The molecule has 192 valence electrons. The molecule has 0 bridgehead atoms. The van der Waals surface area contributed by atoms with E-state index in [1.165, 1.54) is 0 Å². The summed E-state index contributed by atoms with van der Waals surface area (Å²) >= 11 is 0. The monoisotopic (exact) mass is 658 g/mol. The second-order valence-electron chi connectivity index (χ2n) is 9.62. The molecule has 35 heavy (non-hydrogen) atoms. The molecule has 0 heterocycles. The van der Waals surface area contributed by atoms with Crippen molar-refractivity contribution in [3.05, 3.63) is 134 Å². The largest absolute Gasteiger partial charge is 0.552 e. The molecule has 3 rings (SSSR count). The average Bonchev–Trinajstić information content (AvgIpc) is 2.75. The second-order valence-corrected chi connectivity index (χ2v) is 13.3. The average molecular weight is 657 g/mol. The Morgan fingerprint density at radius 3 is 0.914 bits per heavy atom. The second kappa shape index (κ2) is 18.6. The molecule has 0 unspecified atom stereocenters. The van der Waals surface area contributed by atoms with Crippen molar-refractivity contribution in [1.82, 2.24) is 0 Å². The van der Waals surface area contributed by atoms with E-state index in [4.69, 9.17) is 0 Å². The fourth-order valence-corrected chi connectivity index (χ4v) is 5.36.